The second-order valence-electron chi connectivity index (χ2n) is 5.61. The maximum Gasteiger partial charge on any atom is 0.242 e. The van der Waals surface area contributed by atoms with E-state index in [2.05, 4.69) is 4.72 Å². The van der Waals surface area contributed by atoms with Crippen molar-refractivity contribution in [2.75, 3.05) is 13.6 Å². The number of hydrogen-bond donors (Lipinski definition) is 1. The van der Waals surface area contributed by atoms with Crippen LogP contribution in [0.25, 0.3) is 10.1 Å². The van der Waals surface area contributed by atoms with Gasteiger partial charge in [-0.3, -0.25) is 4.79 Å². The molecule has 118 valence electrons. The van der Waals surface area contributed by atoms with Crippen molar-refractivity contribution < 1.29 is 13.2 Å². The predicted molar refractivity (Wildman–Crippen MR) is 87.5 cm³/mol. The van der Waals surface area contributed by atoms with Crippen LogP contribution >= 0.6 is 11.3 Å². The zero-order valence-electron chi connectivity index (χ0n) is 12.5. The Labute approximate surface area is 134 Å². The van der Waals surface area contributed by atoms with Crippen LogP contribution < -0.4 is 4.72 Å². The largest absolute Gasteiger partial charge is 0.344 e. The number of likely N-dealkylation sites (N-methyl/N-ethyl adjacent to an activating group) is 1. The molecule has 0 radical (unpaired) electrons. The molecule has 1 aliphatic heterocycles. The lowest BCUT2D eigenvalue weighted by atomic mass is 10.1. The highest BCUT2D eigenvalue weighted by Gasteiger charge is 2.29. The van der Waals surface area contributed by atoms with E-state index in [9.17, 15) is 13.2 Å². The molecule has 0 unspecified atom stereocenters. The van der Waals surface area contributed by atoms with Gasteiger partial charge in [-0.1, -0.05) is 18.2 Å². The third kappa shape index (κ3) is 2.76. The van der Waals surface area contributed by atoms with Crippen LogP contribution in [-0.4, -0.2) is 38.9 Å². The number of rotatable bonds is 3. The summed E-state index contributed by atoms with van der Waals surface area (Å²) in [7, 11) is -1.89. The molecule has 1 saturated heterocycles. The van der Waals surface area contributed by atoms with Crippen molar-refractivity contribution in [1.29, 1.82) is 0 Å². The Morgan fingerprint density at radius 3 is 2.77 bits per heavy atom. The summed E-state index contributed by atoms with van der Waals surface area (Å²) in [4.78, 5) is 14.2. The molecule has 2 heterocycles. The molecule has 1 amide bonds. The van der Waals surface area contributed by atoms with Crippen molar-refractivity contribution >= 4 is 37.4 Å². The highest BCUT2D eigenvalue weighted by Crippen LogP contribution is 2.34. The molecule has 0 spiro atoms. The predicted octanol–water partition coefficient (Wildman–Crippen LogP) is 2.11. The molecule has 2 aromatic rings. The zero-order chi connectivity index (χ0) is 15.9. The van der Waals surface area contributed by atoms with Gasteiger partial charge in [0, 0.05) is 41.0 Å². The number of piperidine rings is 1. The molecule has 1 N–H and O–H groups in total. The van der Waals surface area contributed by atoms with Crippen LogP contribution in [0.3, 0.4) is 0 Å². The fourth-order valence-corrected chi connectivity index (χ4v) is 5.94. The van der Waals surface area contributed by atoms with Gasteiger partial charge < -0.3 is 4.90 Å². The maximum atomic E-state index is 12.8. The molecular weight excluding hydrogens is 320 g/mol. The quantitative estimate of drug-likeness (QED) is 0.932. The first-order valence-electron chi connectivity index (χ1n) is 7.13. The molecule has 3 rings (SSSR count). The number of fused-ring (bicyclic) bond motifs is 1. The number of carbonyl (C=O) groups excluding carboxylic acids is 1. The van der Waals surface area contributed by atoms with Gasteiger partial charge in [-0.15, -0.1) is 11.3 Å². The van der Waals surface area contributed by atoms with E-state index in [0.29, 0.717) is 24.3 Å². The molecular formula is C15H18N2O3S2. The topological polar surface area (TPSA) is 66.5 Å². The Morgan fingerprint density at radius 2 is 2.05 bits per heavy atom. The van der Waals surface area contributed by atoms with Gasteiger partial charge in [0.2, 0.25) is 15.9 Å². The van der Waals surface area contributed by atoms with E-state index >= 15 is 0 Å². The molecule has 22 heavy (non-hydrogen) atoms. The second kappa shape index (κ2) is 5.64. The molecule has 0 aliphatic carbocycles. The van der Waals surface area contributed by atoms with Gasteiger partial charge in [-0.2, -0.15) is 0 Å². The summed E-state index contributed by atoms with van der Waals surface area (Å²) in [5, 5.41) is 0.762. The smallest absolute Gasteiger partial charge is 0.242 e. The minimum absolute atomic E-state index is 0.0626. The van der Waals surface area contributed by atoms with Gasteiger partial charge >= 0.3 is 0 Å². The highest BCUT2D eigenvalue weighted by atomic mass is 32.2. The lowest BCUT2D eigenvalue weighted by molar-refractivity contribution is -0.132. The summed E-state index contributed by atoms with van der Waals surface area (Å²) in [6.07, 6.45) is 0.927. The van der Waals surface area contributed by atoms with Crippen LogP contribution in [0.15, 0.2) is 29.2 Å². The SMILES string of the molecule is Cc1sc2ccccc2c1S(=O)(=O)N[C@H]1CCC(=O)N(C)C1. The van der Waals surface area contributed by atoms with Gasteiger partial charge in [0.15, 0.2) is 0 Å². The average Bonchev–Trinajstić information content (AvgIpc) is 2.79. The lowest BCUT2D eigenvalue weighted by Gasteiger charge is -2.29. The van der Waals surface area contributed by atoms with Crippen molar-refractivity contribution in [1.82, 2.24) is 9.62 Å². The maximum absolute atomic E-state index is 12.8. The summed E-state index contributed by atoms with van der Waals surface area (Å²) in [5.74, 6) is 0.0626. The summed E-state index contributed by atoms with van der Waals surface area (Å²) in [6.45, 7) is 2.24. The molecule has 5 nitrogen and oxygen atoms in total. The first kappa shape index (κ1) is 15.5. The monoisotopic (exact) mass is 338 g/mol. The fraction of sp³-hybridized carbons (Fsp3) is 0.400. The number of nitrogens with one attached hydrogen (secondary N) is 1. The Morgan fingerprint density at radius 1 is 1.32 bits per heavy atom. The van der Waals surface area contributed by atoms with Crippen molar-refractivity contribution in [3.8, 4) is 0 Å². The van der Waals surface area contributed by atoms with Crippen LogP contribution in [0.1, 0.15) is 17.7 Å². The van der Waals surface area contributed by atoms with E-state index < -0.39 is 10.0 Å². The number of thiophene rings is 1. The zero-order valence-corrected chi connectivity index (χ0v) is 14.1. The van der Waals surface area contributed by atoms with Gasteiger partial charge in [-0.05, 0) is 19.4 Å². The Hall–Kier alpha value is -1.44. The minimum Gasteiger partial charge on any atom is -0.344 e. The number of nitrogens with zero attached hydrogens (tertiary/aromatic N) is 1. The Kier molecular flexibility index (Phi) is 3.96. The van der Waals surface area contributed by atoms with E-state index in [1.165, 1.54) is 11.3 Å². The number of aryl methyl sites for hydroxylation is 1. The van der Waals surface area contributed by atoms with Crippen molar-refractivity contribution in [2.24, 2.45) is 0 Å². The van der Waals surface area contributed by atoms with Crippen LogP contribution in [0, 0.1) is 6.92 Å². The number of hydrogen-bond acceptors (Lipinski definition) is 4. The van der Waals surface area contributed by atoms with Crippen LogP contribution in [0.4, 0.5) is 0 Å². The van der Waals surface area contributed by atoms with E-state index in [-0.39, 0.29) is 11.9 Å². The molecule has 0 bridgehead atoms. The standard InChI is InChI=1S/C15H18N2O3S2/c1-10-15(12-5-3-4-6-13(12)21-10)22(19,20)16-11-7-8-14(18)17(2)9-11/h3-6,11,16H,7-9H2,1-2H3/t11-/m0/s1. The van der Waals surface area contributed by atoms with E-state index in [0.717, 1.165) is 15.0 Å². The van der Waals surface area contributed by atoms with Gasteiger partial charge in [-0.25, -0.2) is 13.1 Å². The van der Waals surface area contributed by atoms with Gasteiger partial charge in [0.25, 0.3) is 0 Å². The number of benzene rings is 1. The number of sulfonamides is 1. The van der Waals surface area contributed by atoms with Crippen LogP contribution in [-0.2, 0) is 14.8 Å². The lowest BCUT2D eigenvalue weighted by Crippen LogP contribution is -2.48. The minimum atomic E-state index is -3.59. The third-order valence-corrected chi connectivity index (χ3v) is 6.85. The van der Waals surface area contributed by atoms with E-state index in [4.69, 9.17) is 0 Å². The number of carbonyl (C=O) groups is 1. The van der Waals surface area contributed by atoms with Gasteiger partial charge in [0.1, 0.15) is 4.90 Å². The summed E-state index contributed by atoms with van der Waals surface area (Å²) in [6, 6.07) is 7.29. The second-order valence-corrected chi connectivity index (χ2v) is 8.52. The summed E-state index contributed by atoms with van der Waals surface area (Å²) in [5.41, 5.74) is 0. The molecule has 1 aliphatic rings. The average molecular weight is 338 g/mol. The summed E-state index contributed by atoms with van der Waals surface area (Å²) >= 11 is 1.48. The van der Waals surface area contributed by atoms with E-state index in [1.807, 2.05) is 31.2 Å². The highest BCUT2D eigenvalue weighted by molar-refractivity contribution is 7.90. The third-order valence-electron chi connectivity index (χ3n) is 3.93. The molecule has 1 aromatic carbocycles. The molecule has 1 fully saturated rings. The van der Waals surface area contributed by atoms with E-state index in [1.54, 1.807) is 11.9 Å². The van der Waals surface area contributed by atoms with Crippen molar-refractivity contribution in [3.05, 3.63) is 29.1 Å². The van der Waals surface area contributed by atoms with Crippen LogP contribution in [0.5, 0.6) is 0 Å². The van der Waals surface area contributed by atoms with Crippen molar-refractivity contribution in [3.63, 3.8) is 0 Å². The molecule has 1 aromatic heterocycles. The normalized spacial score (nSPS) is 19.8. The molecule has 1 atom stereocenters. The molecule has 0 saturated carbocycles. The van der Waals surface area contributed by atoms with Gasteiger partial charge in [0.05, 0.1) is 0 Å². The fourth-order valence-electron chi connectivity index (χ4n) is 2.86. The first-order chi connectivity index (χ1) is 10.4. The number of amides is 1. The Bertz CT molecular complexity index is 826. The summed E-state index contributed by atoms with van der Waals surface area (Å²) < 4.78 is 29.3. The van der Waals surface area contributed by atoms with Crippen molar-refractivity contribution in [2.45, 2.75) is 30.7 Å². The Balaban J connectivity index is 1.92. The number of likely N-dealkylation sites (tertiary alicyclic amines) is 1. The first-order valence-corrected chi connectivity index (χ1v) is 9.43. The van der Waals surface area contributed by atoms with Crippen LogP contribution in [0.2, 0.25) is 0 Å². The molecule has 7 heteroatoms.